The molecule has 0 unspecified atom stereocenters. The van der Waals surface area contributed by atoms with E-state index in [1.807, 2.05) is 48.5 Å². The highest BCUT2D eigenvalue weighted by atomic mass is 35.5. The van der Waals surface area contributed by atoms with Crippen LogP contribution in [0.4, 0.5) is 5.69 Å². The van der Waals surface area contributed by atoms with E-state index >= 15 is 0 Å². The fraction of sp³-hybridized carbons (Fsp3) is 0.300. The third kappa shape index (κ3) is 5.90. The Morgan fingerprint density at radius 3 is 2.50 bits per heavy atom. The predicted octanol–water partition coefficient (Wildman–Crippen LogP) is 5.68. The lowest BCUT2D eigenvalue weighted by molar-refractivity contribution is -0.114. The molecule has 2 heterocycles. The summed E-state index contributed by atoms with van der Waals surface area (Å²) in [6.07, 6.45) is 3.14. The lowest BCUT2D eigenvalue weighted by Crippen LogP contribution is -2.34. The Morgan fingerprint density at radius 1 is 1.03 bits per heavy atom. The molecule has 1 aliphatic rings. The number of halogens is 1. The zero-order chi connectivity index (χ0) is 26.6. The van der Waals surface area contributed by atoms with E-state index in [9.17, 15) is 9.59 Å². The summed E-state index contributed by atoms with van der Waals surface area (Å²) in [5, 5.41) is 3.56. The van der Waals surface area contributed by atoms with Crippen LogP contribution in [0, 0.1) is 0 Å². The van der Waals surface area contributed by atoms with Gasteiger partial charge in [0.1, 0.15) is 5.82 Å². The summed E-state index contributed by atoms with van der Waals surface area (Å²) < 4.78 is 2.19. The smallest absolute Gasteiger partial charge is 0.248 e. The van der Waals surface area contributed by atoms with Crippen molar-refractivity contribution in [3.05, 3.63) is 82.9 Å². The second-order valence-corrected chi connectivity index (χ2v) is 10.4. The Balaban J connectivity index is 1.26. The number of likely N-dealkylation sites (tertiary alicyclic amines) is 1. The van der Waals surface area contributed by atoms with Gasteiger partial charge in [0, 0.05) is 35.3 Å². The van der Waals surface area contributed by atoms with Gasteiger partial charge in [0.25, 0.3) is 0 Å². The Morgan fingerprint density at radius 2 is 1.79 bits per heavy atom. The molecule has 4 aromatic rings. The molecule has 0 saturated carbocycles. The number of aromatic nitrogens is 2. The normalized spacial score (nSPS) is 14.6. The fourth-order valence-electron chi connectivity index (χ4n) is 5.34. The maximum atomic E-state index is 11.8. The SMILES string of the molecule is CC(=O)Nc1cccc(C2CCN(CCCn3c(-c4ccc(Cl)cc4)nc4ccc(C(N)=O)cc43)CC2)c1. The van der Waals surface area contributed by atoms with Crippen LogP contribution in [0.3, 0.4) is 0 Å². The summed E-state index contributed by atoms with van der Waals surface area (Å²) in [7, 11) is 0. The van der Waals surface area contributed by atoms with Gasteiger partial charge in [0.15, 0.2) is 0 Å². The highest BCUT2D eigenvalue weighted by Gasteiger charge is 2.21. The van der Waals surface area contributed by atoms with Gasteiger partial charge in [0.2, 0.25) is 11.8 Å². The van der Waals surface area contributed by atoms with E-state index in [-0.39, 0.29) is 5.91 Å². The van der Waals surface area contributed by atoms with Gasteiger partial charge >= 0.3 is 0 Å². The van der Waals surface area contributed by atoms with Crippen molar-refractivity contribution in [2.24, 2.45) is 5.73 Å². The quantitative estimate of drug-likeness (QED) is 0.307. The van der Waals surface area contributed by atoms with E-state index in [1.165, 1.54) is 12.5 Å². The number of fused-ring (bicyclic) bond motifs is 1. The summed E-state index contributed by atoms with van der Waals surface area (Å²) in [6.45, 7) is 5.36. The average Bonchev–Trinajstić information content (AvgIpc) is 3.27. The zero-order valence-electron chi connectivity index (χ0n) is 21.5. The average molecular weight is 530 g/mol. The minimum Gasteiger partial charge on any atom is -0.366 e. The number of benzene rings is 3. The maximum absolute atomic E-state index is 11.8. The minimum absolute atomic E-state index is 0.0484. The molecular formula is C30H32ClN5O2. The van der Waals surface area contributed by atoms with E-state index in [1.54, 1.807) is 6.07 Å². The van der Waals surface area contributed by atoms with E-state index < -0.39 is 5.91 Å². The molecule has 1 aromatic heterocycles. The summed E-state index contributed by atoms with van der Waals surface area (Å²) in [5.41, 5.74) is 10.9. The highest BCUT2D eigenvalue weighted by Crippen LogP contribution is 2.30. The monoisotopic (exact) mass is 529 g/mol. The van der Waals surface area contributed by atoms with Crippen LogP contribution in [-0.2, 0) is 11.3 Å². The van der Waals surface area contributed by atoms with E-state index in [2.05, 4.69) is 26.9 Å². The van der Waals surface area contributed by atoms with Crippen molar-refractivity contribution in [3.8, 4) is 11.4 Å². The molecule has 2 amide bonds. The number of amides is 2. The van der Waals surface area contributed by atoms with Crippen LogP contribution in [0.2, 0.25) is 5.02 Å². The maximum Gasteiger partial charge on any atom is 0.248 e. The number of nitrogens with zero attached hydrogens (tertiary/aromatic N) is 3. The van der Waals surface area contributed by atoms with Gasteiger partial charge in [-0.05, 0) is 105 Å². The first-order valence-corrected chi connectivity index (χ1v) is 13.4. The highest BCUT2D eigenvalue weighted by molar-refractivity contribution is 6.30. The number of anilines is 1. The Kier molecular flexibility index (Phi) is 7.77. The number of hydrogen-bond donors (Lipinski definition) is 2. The number of hydrogen-bond acceptors (Lipinski definition) is 4. The molecule has 5 rings (SSSR count). The van der Waals surface area contributed by atoms with E-state index in [0.717, 1.165) is 73.6 Å². The van der Waals surface area contributed by atoms with Crippen LogP contribution in [0.5, 0.6) is 0 Å². The fourth-order valence-corrected chi connectivity index (χ4v) is 5.46. The van der Waals surface area contributed by atoms with Gasteiger partial charge in [-0.2, -0.15) is 0 Å². The standard InChI is InChI=1S/C30H32ClN5O2/c1-20(37)33-26-5-2-4-23(18-26)21-12-16-35(17-13-21)14-3-15-36-28-19-24(29(32)38)8-11-27(28)34-30(36)22-6-9-25(31)10-7-22/h2,4-11,18-19,21H,3,12-17H2,1H3,(H2,32,38)(H,33,37). The molecule has 38 heavy (non-hydrogen) atoms. The number of carbonyl (C=O) groups is 2. The number of aryl methyl sites for hydroxylation is 1. The molecule has 1 saturated heterocycles. The molecule has 0 bridgehead atoms. The van der Waals surface area contributed by atoms with Crippen LogP contribution in [0.25, 0.3) is 22.4 Å². The van der Waals surface area contributed by atoms with Gasteiger partial charge in [-0.25, -0.2) is 4.98 Å². The van der Waals surface area contributed by atoms with E-state index in [4.69, 9.17) is 22.3 Å². The molecule has 8 heteroatoms. The zero-order valence-corrected chi connectivity index (χ0v) is 22.2. The molecule has 0 atom stereocenters. The number of primary amides is 1. The van der Waals surface area contributed by atoms with Crippen LogP contribution in [-0.4, -0.2) is 45.9 Å². The van der Waals surface area contributed by atoms with Crippen LogP contribution in [0.15, 0.2) is 66.7 Å². The van der Waals surface area contributed by atoms with E-state index in [0.29, 0.717) is 16.5 Å². The number of imidazole rings is 1. The second-order valence-electron chi connectivity index (χ2n) is 9.94. The third-order valence-corrected chi connectivity index (χ3v) is 7.51. The van der Waals surface area contributed by atoms with Gasteiger partial charge in [-0.15, -0.1) is 0 Å². The number of rotatable bonds is 8. The largest absolute Gasteiger partial charge is 0.366 e. The molecular weight excluding hydrogens is 498 g/mol. The van der Waals surface area contributed by atoms with Crippen molar-refractivity contribution in [1.29, 1.82) is 0 Å². The first kappa shape index (κ1) is 25.9. The first-order chi connectivity index (χ1) is 18.4. The number of nitrogens with two attached hydrogens (primary N) is 1. The second kappa shape index (κ2) is 11.4. The number of carbonyl (C=O) groups excluding carboxylic acids is 2. The van der Waals surface area contributed by atoms with Crippen molar-refractivity contribution >= 4 is 40.1 Å². The van der Waals surface area contributed by atoms with Crippen molar-refractivity contribution in [2.75, 3.05) is 25.0 Å². The molecule has 0 aliphatic carbocycles. The van der Waals surface area contributed by atoms with Crippen molar-refractivity contribution in [1.82, 2.24) is 14.5 Å². The molecule has 1 aliphatic heterocycles. The molecule has 0 spiro atoms. The van der Waals surface area contributed by atoms with Crippen LogP contribution in [0.1, 0.15) is 48.0 Å². The Labute approximate surface area is 227 Å². The summed E-state index contributed by atoms with van der Waals surface area (Å²) >= 11 is 6.12. The van der Waals surface area contributed by atoms with Crippen molar-refractivity contribution in [3.63, 3.8) is 0 Å². The Bertz CT molecular complexity index is 1460. The molecule has 196 valence electrons. The molecule has 1 fully saturated rings. The predicted molar refractivity (Wildman–Crippen MR) is 152 cm³/mol. The first-order valence-electron chi connectivity index (χ1n) is 13.0. The Hall–Kier alpha value is -3.68. The van der Waals surface area contributed by atoms with Crippen LogP contribution < -0.4 is 11.1 Å². The third-order valence-electron chi connectivity index (χ3n) is 7.26. The number of piperidine rings is 1. The summed E-state index contributed by atoms with van der Waals surface area (Å²) in [5.74, 6) is 0.864. The molecule has 3 N–H and O–H groups in total. The molecule has 0 radical (unpaired) electrons. The minimum atomic E-state index is -0.446. The topological polar surface area (TPSA) is 93.2 Å². The van der Waals surface area contributed by atoms with Crippen LogP contribution >= 0.6 is 11.6 Å². The van der Waals surface area contributed by atoms with Crippen molar-refractivity contribution in [2.45, 2.75) is 38.6 Å². The lowest BCUT2D eigenvalue weighted by Gasteiger charge is -2.32. The summed E-state index contributed by atoms with van der Waals surface area (Å²) in [4.78, 5) is 30.6. The summed E-state index contributed by atoms with van der Waals surface area (Å²) in [6, 6.07) is 21.3. The molecule has 3 aromatic carbocycles. The van der Waals surface area contributed by atoms with Gasteiger partial charge in [0.05, 0.1) is 11.0 Å². The van der Waals surface area contributed by atoms with Crippen molar-refractivity contribution < 1.29 is 9.59 Å². The number of nitrogens with one attached hydrogen (secondary N) is 1. The van der Waals surface area contributed by atoms with Gasteiger partial charge in [-0.3, -0.25) is 9.59 Å². The lowest BCUT2D eigenvalue weighted by atomic mass is 9.89. The van der Waals surface area contributed by atoms with Gasteiger partial charge < -0.3 is 20.5 Å². The molecule has 7 nitrogen and oxygen atoms in total. The van der Waals surface area contributed by atoms with Gasteiger partial charge in [-0.1, -0.05) is 23.7 Å².